The van der Waals surface area contributed by atoms with Gasteiger partial charge in [-0.05, 0) is 24.3 Å². The van der Waals surface area contributed by atoms with Crippen molar-refractivity contribution in [2.45, 2.75) is 0 Å². The Balaban J connectivity index is 2.24. The lowest BCUT2D eigenvalue weighted by Gasteiger charge is -2.05. The van der Waals surface area contributed by atoms with Gasteiger partial charge in [0.15, 0.2) is 0 Å². The molecule has 88 valence electrons. The van der Waals surface area contributed by atoms with Gasteiger partial charge in [0.05, 0.1) is 6.20 Å². The lowest BCUT2D eigenvalue weighted by molar-refractivity contribution is 0.0685. The predicted molar refractivity (Wildman–Crippen MR) is 61.1 cm³/mol. The molecule has 0 saturated heterocycles. The fourth-order valence-corrected chi connectivity index (χ4v) is 1.33. The second-order valence-corrected chi connectivity index (χ2v) is 3.46. The van der Waals surface area contributed by atoms with Crippen LogP contribution in [0.5, 0.6) is 11.8 Å². The van der Waals surface area contributed by atoms with E-state index in [-0.39, 0.29) is 11.7 Å². The third kappa shape index (κ3) is 2.20. The van der Waals surface area contributed by atoms with Gasteiger partial charge in [-0.15, -0.1) is 0 Å². The Hall–Kier alpha value is -2.50. The van der Waals surface area contributed by atoms with Crippen LogP contribution >= 0.6 is 0 Å². The molecule has 6 nitrogen and oxygen atoms in total. The average molecular weight is 233 g/mol. The molecule has 0 fully saturated rings. The number of nitrogen functional groups attached to an aromatic ring is 1. The summed E-state index contributed by atoms with van der Waals surface area (Å²) in [7, 11) is 1.57. The van der Waals surface area contributed by atoms with Crippen LogP contribution in [0.25, 0.3) is 0 Å². The first-order valence-corrected chi connectivity index (χ1v) is 4.86. The highest BCUT2D eigenvalue weighted by Crippen LogP contribution is 2.21. The topological polar surface area (TPSA) is 90.4 Å². The van der Waals surface area contributed by atoms with Crippen LogP contribution in [0.1, 0.15) is 10.5 Å². The van der Waals surface area contributed by atoms with Crippen molar-refractivity contribution in [2.24, 2.45) is 7.05 Å². The summed E-state index contributed by atoms with van der Waals surface area (Å²) in [6, 6.07) is 6.97. The van der Waals surface area contributed by atoms with Gasteiger partial charge in [0, 0.05) is 12.7 Å². The number of aromatic nitrogens is 2. The van der Waals surface area contributed by atoms with Gasteiger partial charge in [-0.3, -0.25) is 4.57 Å². The van der Waals surface area contributed by atoms with E-state index in [1.807, 2.05) is 0 Å². The Morgan fingerprint density at radius 3 is 2.59 bits per heavy atom. The molecule has 0 saturated carbocycles. The third-order valence-corrected chi connectivity index (χ3v) is 2.25. The molecule has 0 atom stereocenters. The lowest BCUT2D eigenvalue weighted by Crippen LogP contribution is -2.05. The van der Waals surface area contributed by atoms with Crippen LogP contribution in [-0.2, 0) is 7.05 Å². The summed E-state index contributed by atoms with van der Waals surface area (Å²) in [6.45, 7) is 0. The monoisotopic (exact) mass is 233 g/mol. The molecular weight excluding hydrogens is 222 g/mol. The summed E-state index contributed by atoms with van der Waals surface area (Å²) >= 11 is 0. The molecule has 6 heteroatoms. The van der Waals surface area contributed by atoms with Crippen molar-refractivity contribution in [3.8, 4) is 11.8 Å². The van der Waals surface area contributed by atoms with Gasteiger partial charge in [-0.1, -0.05) is 0 Å². The average Bonchev–Trinajstić information content (AvgIpc) is 2.64. The number of nitrogens with zero attached hydrogens (tertiary/aromatic N) is 2. The highest BCUT2D eigenvalue weighted by molar-refractivity contribution is 5.85. The molecule has 0 unspecified atom stereocenters. The van der Waals surface area contributed by atoms with Crippen molar-refractivity contribution in [3.63, 3.8) is 0 Å². The maximum absolute atomic E-state index is 10.8. The van der Waals surface area contributed by atoms with Gasteiger partial charge in [-0.25, -0.2) is 9.78 Å². The first-order chi connectivity index (χ1) is 8.08. The number of aromatic carboxylic acids is 1. The number of carboxylic acids is 1. The number of carboxylic acid groups (broad SMARTS) is 1. The first-order valence-electron chi connectivity index (χ1n) is 4.86. The van der Waals surface area contributed by atoms with Crippen LogP contribution in [0.15, 0.2) is 30.5 Å². The van der Waals surface area contributed by atoms with Crippen molar-refractivity contribution in [2.75, 3.05) is 5.73 Å². The Labute approximate surface area is 97.3 Å². The van der Waals surface area contributed by atoms with Crippen molar-refractivity contribution in [1.82, 2.24) is 9.55 Å². The fraction of sp³-hybridized carbons (Fsp3) is 0.0909. The van der Waals surface area contributed by atoms with E-state index in [4.69, 9.17) is 15.6 Å². The van der Waals surface area contributed by atoms with Crippen molar-refractivity contribution < 1.29 is 14.6 Å². The summed E-state index contributed by atoms with van der Waals surface area (Å²) in [5, 5.41) is 8.85. The molecule has 0 aliphatic rings. The van der Waals surface area contributed by atoms with Crippen LogP contribution in [0.2, 0.25) is 0 Å². The van der Waals surface area contributed by atoms with E-state index in [0.29, 0.717) is 11.4 Å². The fourth-order valence-electron chi connectivity index (χ4n) is 1.33. The van der Waals surface area contributed by atoms with E-state index in [1.165, 1.54) is 10.8 Å². The minimum absolute atomic E-state index is 0.0652. The highest BCUT2D eigenvalue weighted by Gasteiger charge is 2.13. The first kappa shape index (κ1) is 11.0. The molecule has 3 N–H and O–H groups in total. The molecule has 2 rings (SSSR count). The standard InChI is InChI=1S/C11H11N3O3/c1-14-9(10(15)16)6-13-11(14)17-8-4-2-7(12)3-5-8/h2-6H,12H2,1H3,(H,15,16). The van der Waals surface area contributed by atoms with Crippen LogP contribution in [0, 0.1) is 0 Å². The molecule has 0 bridgehead atoms. The minimum Gasteiger partial charge on any atom is -0.477 e. The van der Waals surface area contributed by atoms with E-state index in [0.717, 1.165) is 0 Å². The van der Waals surface area contributed by atoms with Crippen molar-refractivity contribution >= 4 is 11.7 Å². The Morgan fingerprint density at radius 1 is 1.41 bits per heavy atom. The number of carbonyl (C=O) groups is 1. The summed E-state index contributed by atoms with van der Waals surface area (Å²) < 4.78 is 6.79. The van der Waals surface area contributed by atoms with Gasteiger partial charge in [0.2, 0.25) is 0 Å². The van der Waals surface area contributed by atoms with Crippen LogP contribution in [0.4, 0.5) is 5.69 Å². The second-order valence-electron chi connectivity index (χ2n) is 3.46. The Kier molecular flexibility index (Phi) is 2.70. The molecule has 0 aliphatic heterocycles. The Bertz CT molecular complexity index is 546. The van der Waals surface area contributed by atoms with Crippen LogP contribution in [0.3, 0.4) is 0 Å². The zero-order valence-corrected chi connectivity index (χ0v) is 9.12. The highest BCUT2D eigenvalue weighted by atomic mass is 16.5. The number of hydrogen-bond donors (Lipinski definition) is 2. The molecule has 0 aliphatic carbocycles. The van der Waals surface area contributed by atoms with Crippen LogP contribution in [-0.4, -0.2) is 20.6 Å². The molecule has 0 amide bonds. The zero-order chi connectivity index (χ0) is 12.4. The lowest BCUT2D eigenvalue weighted by atomic mass is 10.3. The van der Waals surface area contributed by atoms with Gasteiger partial charge >= 0.3 is 12.0 Å². The zero-order valence-electron chi connectivity index (χ0n) is 9.12. The Morgan fingerprint density at radius 2 is 2.06 bits per heavy atom. The van der Waals surface area contributed by atoms with Gasteiger partial charge in [-0.2, -0.15) is 0 Å². The van der Waals surface area contributed by atoms with E-state index in [2.05, 4.69) is 4.98 Å². The number of imidazole rings is 1. The normalized spacial score (nSPS) is 10.2. The van der Waals surface area contributed by atoms with E-state index in [9.17, 15) is 4.79 Å². The summed E-state index contributed by atoms with van der Waals surface area (Å²) in [5.74, 6) is -0.503. The van der Waals surface area contributed by atoms with E-state index in [1.54, 1.807) is 31.3 Å². The molecule has 1 aromatic carbocycles. The predicted octanol–water partition coefficient (Wildman–Crippen LogP) is 1.49. The number of hydrogen-bond acceptors (Lipinski definition) is 4. The quantitative estimate of drug-likeness (QED) is 0.784. The van der Waals surface area contributed by atoms with Gasteiger partial charge in [0.1, 0.15) is 11.4 Å². The van der Waals surface area contributed by atoms with Crippen LogP contribution < -0.4 is 10.5 Å². The number of benzene rings is 1. The molecule has 1 heterocycles. The molecule has 0 radical (unpaired) electrons. The maximum atomic E-state index is 10.8. The molecule has 2 aromatic rings. The molecule has 1 aromatic heterocycles. The summed E-state index contributed by atoms with van der Waals surface area (Å²) in [4.78, 5) is 14.7. The van der Waals surface area contributed by atoms with Gasteiger partial charge < -0.3 is 15.6 Å². The largest absolute Gasteiger partial charge is 0.477 e. The van der Waals surface area contributed by atoms with Crippen molar-refractivity contribution in [1.29, 1.82) is 0 Å². The molecular formula is C11H11N3O3. The van der Waals surface area contributed by atoms with Crippen molar-refractivity contribution in [3.05, 3.63) is 36.2 Å². The number of ether oxygens (including phenoxy) is 1. The SMILES string of the molecule is Cn1c(C(=O)O)cnc1Oc1ccc(N)cc1. The smallest absolute Gasteiger partial charge is 0.354 e. The summed E-state index contributed by atoms with van der Waals surface area (Å²) in [5.41, 5.74) is 6.23. The van der Waals surface area contributed by atoms with E-state index >= 15 is 0 Å². The number of nitrogens with two attached hydrogens (primary N) is 1. The second kappa shape index (κ2) is 4.17. The third-order valence-electron chi connectivity index (χ3n) is 2.25. The molecule has 17 heavy (non-hydrogen) atoms. The summed E-state index contributed by atoms with van der Waals surface area (Å²) in [6.07, 6.45) is 1.25. The number of anilines is 1. The molecule has 0 spiro atoms. The minimum atomic E-state index is -1.05. The maximum Gasteiger partial charge on any atom is 0.354 e. The number of rotatable bonds is 3. The van der Waals surface area contributed by atoms with E-state index < -0.39 is 5.97 Å². The van der Waals surface area contributed by atoms with Gasteiger partial charge in [0.25, 0.3) is 0 Å².